The lowest BCUT2D eigenvalue weighted by molar-refractivity contribution is 0.0697. The summed E-state index contributed by atoms with van der Waals surface area (Å²) in [5.41, 5.74) is 1.63. The van der Waals surface area contributed by atoms with E-state index in [1.807, 2.05) is 11.6 Å². The zero-order valence-electron chi connectivity index (χ0n) is 12.3. The molecule has 1 aromatic carbocycles. The Morgan fingerprint density at radius 2 is 2.17 bits per heavy atom. The van der Waals surface area contributed by atoms with Crippen LogP contribution in [0.15, 0.2) is 42.9 Å². The van der Waals surface area contributed by atoms with Gasteiger partial charge < -0.3 is 15.0 Å². The second kappa shape index (κ2) is 6.22. The molecule has 0 spiro atoms. The highest BCUT2D eigenvalue weighted by atomic mass is 16.4. The molecule has 0 saturated heterocycles. The molecule has 2 N–H and O–H groups in total. The van der Waals surface area contributed by atoms with Gasteiger partial charge in [0, 0.05) is 18.9 Å². The van der Waals surface area contributed by atoms with Gasteiger partial charge in [0.1, 0.15) is 12.0 Å². The van der Waals surface area contributed by atoms with Gasteiger partial charge in [-0.3, -0.25) is 0 Å². The Hall–Kier alpha value is -3.29. The number of hydrogen-bond acceptors (Lipinski definition) is 6. The summed E-state index contributed by atoms with van der Waals surface area (Å²) in [5, 5.41) is 20.4. The average molecular weight is 310 g/mol. The number of hydrogen-bond donors (Lipinski definition) is 2. The van der Waals surface area contributed by atoms with E-state index in [4.69, 9.17) is 5.11 Å². The van der Waals surface area contributed by atoms with Crippen molar-refractivity contribution >= 4 is 11.7 Å². The second-order valence-corrected chi connectivity index (χ2v) is 4.83. The lowest BCUT2D eigenvalue weighted by Gasteiger charge is -2.07. The summed E-state index contributed by atoms with van der Waals surface area (Å²) < 4.78 is 1.83. The Labute approximate surface area is 131 Å². The molecule has 0 aliphatic carbocycles. The summed E-state index contributed by atoms with van der Waals surface area (Å²) >= 11 is 0. The molecule has 0 bridgehead atoms. The fourth-order valence-electron chi connectivity index (χ4n) is 2.10. The quantitative estimate of drug-likeness (QED) is 0.737. The van der Waals surface area contributed by atoms with Crippen molar-refractivity contribution in [2.75, 3.05) is 5.32 Å². The van der Waals surface area contributed by atoms with E-state index in [1.165, 1.54) is 6.33 Å². The molecule has 2 aromatic heterocycles. The van der Waals surface area contributed by atoms with Crippen LogP contribution in [0, 0.1) is 0 Å². The molecule has 0 fully saturated rings. The van der Waals surface area contributed by atoms with E-state index in [9.17, 15) is 4.79 Å². The molecule has 3 rings (SSSR count). The highest BCUT2D eigenvalue weighted by molar-refractivity contribution is 5.88. The van der Waals surface area contributed by atoms with Crippen molar-refractivity contribution in [2.24, 2.45) is 7.05 Å². The Bertz CT molecular complexity index is 831. The molecular weight excluding hydrogens is 296 g/mol. The minimum absolute atomic E-state index is 0.231. The zero-order chi connectivity index (χ0) is 16.2. The zero-order valence-corrected chi connectivity index (χ0v) is 12.3. The maximum Gasteiger partial charge on any atom is 0.335 e. The van der Waals surface area contributed by atoms with Gasteiger partial charge in [0.05, 0.1) is 12.1 Å². The van der Waals surface area contributed by atoms with Gasteiger partial charge in [-0.05, 0) is 24.3 Å². The molecule has 8 heteroatoms. The lowest BCUT2D eigenvalue weighted by atomic mass is 10.2. The van der Waals surface area contributed by atoms with Crippen LogP contribution >= 0.6 is 0 Å². The number of anilines is 1. The normalized spacial score (nSPS) is 10.5. The third-order valence-electron chi connectivity index (χ3n) is 3.34. The van der Waals surface area contributed by atoms with E-state index in [0.29, 0.717) is 29.6 Å². The van der Waals surface area contributed by atoms with Gasteiger partial charge >= 0.3 is 5.97 Å². The number of carboxylic acids is 1. The summed E-state index contributed by atoms with van der Waals surface area (Å²) in [6, 6.07) is 8.37. The fourth-order valence-corrected chi connectivity index (χ4v) is 2.10. The van der Waals surface area contributed by atoms with Crippen LogP contribution in [-0.2, 0) is 13.6 Å². The number of nitrogens with one attached hydrogen (secondary N) is 1. The summed E-state index contributed by atoms with van der Waals surface area (Å²) in [5.74, 6) is 0.390. The smallest absolute Gasteiger partial charge is 0.335 e. The average Bonchev–Trinajstić information content (AvgIpc) is 2.95. The molecule has 0 unspecified atom stereocenters. The van der Waals surface area contributed by atoms with Gasteiger partial charge in [-0.2, -0.15) is 0 Å². The number of aromatic nitrogens is 5. The van der Waals surface area contributed by atoms with Crippen LogP contribution in [0.3, 0.4) is 0 Å². The first-order chi connectivity index (χ1) is 11.1. The predicted octanol–water partition coefficient (Wildman–Crippen LogP) is 1.58. The fraction of sp³-hybridized carbons (Fsp3) is 0.133. The maximum absolute atomic E-state index is 11.0. The Morgan fingerprint density at radius 1 is 1.30 bits per heavy atom. The standard InChI is InChI=1S/C15H14N6O2/c1-21-13(19-20-14(21)12-5-6-16-9-18-12)8-17-11-4-2-3-10(7-11)15(22)23/h2-7,9,17H,8H2,1H3,(H,22,23). The molecule has 0 saturated carbocycles. The van der Waals surface area contributed by atoms with Crippen LogP contribution in [-0.4, -0.2) is 35.8 Å². The van der Waals surface area contributed by atoms with Crippen LogP contribution in [0.4, 0.5) is 5.69 Å². The molecule has 23 heavy (non-hydrogen) atoms. The molecule has 0 aliphatic heterocycles. The summed E-state index contributed by atoms with van der Waals surface area (Å²) in [4.78, 5) is 19.0. The number of benzene rings is 1. The van der Waals surface area contributed by atoms with Gasteiger partial charge in [-0.25, -0.2) is 14.8 Å². The summed E-state index contributed by atoms with van der Waals surface area (Å²) in [6.45, 7) is 0.414. The molecule has 116 valence electrons. The Kier molecular flexibility index (Phi) is 3.96. The minimum atomic E-state index is -0.960. The minimum Gasteiger partial charge on any atom is -0.478 e. The number of carboxylic acid groups (broad SMARTS) is 1. The van der Waals surface area contributed by atoms with E-state index in [2.05, 4.69) is 25.5 Å². The van der Waals surface area contributed by atoms with E-state index in [0.717, 1.165) is 0 Å². The van der Waals surface area contributed by atoms with Gasteiger partial charge in [-0.1, -0.05) is 6.07 Å². The molecule has 2 heterocycles. The van der Waals surface area contributed by atoms with Gasteiger partial charge in [0.2, 0.25) is 0 Å². The van der Waals surface area contributed by atoms with Crippen LogP contribution in [0.5, 0.6) is 0 Å². The predicted molar refractivity (Wildman–Crippen MR) is 82.8 cm³/mol. The first-order valence-electron chi connectivity index (χ1n) is 6.87. The molecule has 0 aliphatic rings. The van der Waals surface area contributed by atoms with Gasteiger partial charge in [0.25, 0.3) is 0 Å². The van der Waals surface area contributed by atoms with Crippen molar-refractivity contribution in [3.63, 3.8) is 0 Å². The third-order valence-corrected chi connectivity index (χ3v) is 3.34. The third kappa shape index (κ3) is 3.15. The van der Waals surface area contributed by atoms with E-state index in [1.54, 1.807) is 36.5 Å². The van der Waals surface area contributed by atoms with Gasteiger partial charge in [0.15, 0.2) is 11.6 Å². The summed E-state index contributed by atoms with van der Waals surface area (Å²) in [6.07, 6.45) is 3.10. The topological polar surface area (TPSA) is 106 Å². The monoisotopic (exact) mass is 310 g/mol. The largest absolute Gasteiger partial charge is 0.478 e. The molecular formula is C15H14N6O2. The summed E-state index contributed by atoms with van der Waals surface area (Å²) in [7, 11) is 1.85. The van der Waals surface area contributed by atoms with Crippen molar-refractivity contribution in [3.8, 4) is 11.5 Å². The first kappa shape index (κ1) is 14.6. The van der Waals surface area contributed by atoms with Gasteiger partial charge in [-0.15, -0.1) is 10.2 Å². The van der Waals surface area contributed by atoms with Crippen molar-refractivity contribution < 1.29 is 9.90 Å². The number of aromatic carboxylic acids is 1. The molecule has 0 radical (unpaired) electrons. The van der Waals surface area contributed by atoms with E-state index < -0.39 is 5.97 Å². The van der Waals surface area contributed by atoms with Crippen LogP contribution in [0.1, 0.15) is 16.2 Å². The number of carbonyl (C=O) groups is 1. The molecule has 8 nitrogen and oxygen atoms in total. The second-order valence-electron chi connectivity index (χ2n) is 4.83. The van der Waals surface area contributed by atoms with Crippen LogP contribution in [0.2, 0.25) is 0 Å². The molecule has 3 aromatic rings. The highest BCUT2D eigenvalue weighted by Crippen LogP contribution is 2.15. The molecule has 0 amide bonds. The first-order valence-corrected chi connectivity index (χ1v) is 6.87. The van der Waals surface area contributed by atoms with Crippen molar-refractivity contribution in [1.29, 1.82) is 0 Å². The van der Waals surface area contributed by atoms with E-state index in [-0.39, 0.29) is 5.56 Å². The number of nitrogens with zero attached hydrogens (tertiary/aromatic N) is 5. The highest BCUT2D eigenvalue weighted by Gasteiger charge is 2.11. The maximum atomic E-state index is 11.0. The van der Waals surface area contributed by atoms with Crippen molar-refractivity contribution in [2.45, 2.75) is 6.54 Å². The van der Waals surface area contributed by atoms with Crippen LogP contribution in [0.25, 0.3) is 11.5 Å². The Balaban J connectivity index is 1.76. The lowest BCUT2D eigenvalue weighted by Crippen LogP contribution is -2.07. The SMILES string of the molecule is Cn1c(CNc2cccc(C(=O)O)c2)nnc1-c1ccncn1. The Morgan fingerprint density at radius 3 is 2.91 bits per heavy atom. The number of rotatable bonds is 5. The van der Waals surface area contributed by atoms with Crippen molar-refractivity contribution in [3.05, 3.63) is 54.2 Å². The van der Waals surface area contributed by atoms with Crippen molar-refractivity contribution in [1.82, 2.24) is 24.7 Å². The van der Waals surface area contributed by atoms with Crippen LogP contribution < -0.4 is 5.32 Å². The molecule has 0 atom stereocenters. The van der Waals surface area contributed by atoms with E-state index >= 15 is 0 Å².